The number of allylic oxidation sites excluding steroid dienone is 1. The van der Waals surface area contributed by atoms with Crippen molar-refractivity contribution in [2.75, 3.05) is 6.61 Å². The monoisotopic (exact) mass is 238 g/mol. The van der Waals surface area contributed by atoms with Gasteiger partial charge in [0, 0.05) is 6.61 Å². The molecule has 0 bridgehead atoms. The molecule has 0 amide bonds. The van der Waals surface area contributed by atoms with E-state index in [0.717, 1.165) is 6.61 Å². The quantitative estimate of drug-likeness (QED) is 0.638. The molecular weight excluding hydrogens is 208 g/mol. The number of hydrogen-bond acceptors (Lipinski definition) is 1. The van der Waals surface area contributed by atoms with E-state index in [2.05, 4.69) is 47.6 Å². The molecule has 0 N–H and O–H groups in total. The highest BCUT2D eigenvalue weighted by Crippen LogP contribution is 2.29. The van der Waals surface area contributed by atoms with E-state index in [1.807, 2.05) is 0 Å². The summed E-state index contributed by atoms with van der Waals surface area (Å²) in [4.78, 5) is 0. The minimum Gasteiger partial charge on any atom is -0.373 e. The zero-order chi connectivity index (χ0) is 13.1. The lowest BCUT2D eigenvalue weighted by Crippen LogP contribution is -2.28. The number of ether oxygens (including phenoxy) is 1. The Bertz CT molecular complexity index is 259. The van der Waals surface area contributed by atoms with Gasteiger partial charge in [-0.1, -0.05) is 40.7 Å². The van der Waals surface area contributed by atoms with Gasteiger partial charge in [0.2, 0.25) is 0 Å². The third kappa shape index (κ3) is 5.25. The molecule has 0 radical (unpaired) electrons. The standard InChI is InChI=1S/C16H30O/c1-12(10-16(4,5)6)11-17-15-13(2)8-7-9-14(15)3/h8,12,14-15H,7,9-11H2,1-6H3. The van der Waals surface area contributed by atoms with Crippen LogP contribution in [0.1, 0.15) is 60.8 Å². The SMILES string of the molecule is CC1=CCCC(C)C1OCC(C)CC(C)(C)C. The lowest BCUT2D eigenvalue weighted by Gasteiger charge is -2.31. The molecule has 0 aromatic rings. The lowest BCUT2D eigenvalue weighted by atomic mass is 9.85. The molecule has 0 fully saturated rings. The van der Waals surface area contributed by atoms with Crippen molar-refractivity contribution in [3.8, 4) is 0 Å². The molecule has 0 aliphatic heterocycles. The van der Waals surface area contributed by atoms with Gasteiger partial charge in [-0.3, -0.25) is 0 Å². The maximum Gasteiger partial charge on any atom is 0.0808 e. The summed E-state index contributed by atoms with van der Waals surface area (Å²) in [5, 5.41) is 0. The van der Waals surface area contributed by atoms with E-state index in [4.69, 9.17) is 4.74 Å². The predicted octanol–water partition coefficient (Wildman–Crippen LogP) is 4.82. The van der Waals surface area contributed by atoms with Gasteiger partial charge in [-0.25, -0.2) is 0 Å². The minimum atomic E-state index is 0.367. The summed E-state index contributed by atoms with van der Waals surface area (Å²) in [7, 11) is 0. The van der Waals surface area contributed by atoms with Crippen LogP contribution >= 0.6 is 0 Å². The normalized spacial score (nSPS) is 27.8. The molecule has 3 atom stereocenters. The molecule has 1 heteroatoms. The average molecular weight is 238 g/mol. The molecule has 3 unspecified atom stereocenters. The van der Waals surface area contributed by atoms with E-state index in [1.54, 1.807) is 0 Å². The van der Waals surface area contributed by atoms with Gasteiger partial charge < -0.3 is 4.74 Å². The highest BCUT2D eigenvalue weighted by molar-refractivity contribution is 5.10. The second kappa shape index (κ2) is 6.04. The first-order valence-electron chi connectivity index (χ1n) is 7.08. The van der Waals surface area contributed by atoms with Gasteiger partial charge in [-0.15, -0.1) is 0 Å². The van der Waals surface area contributed by atoms with Crippen molar-refractivity contribution in [2.45, 2.75) is 66.9 Å². The smallest absolute Gasteiger partial charge is 0.0808 e. The van der Waals surface area contributed by atoms with Gasteiger partial charge in [0.15, 0.2) is 0 Å². The van der Waals surface area contributed by atoms with Crippen LogP contribution in [0, 0.1) is 17.3 Å². The Morgan fingerprint density at radius 1 is 1.41 bits per heavy atom. The van der Waals surface area contributed by atoms with Crippen molar-refractivity contribution in [3.05, 3.63) is 11.6 Å². The Hall–Kier alpha value is -0.300. The molecule has 0 saturated heterocycles. The predicted molar refractivity (Wildman–Crippen MR) is 75.1 cm³/mol. The first-order valence-corrected chi connectivity index (χ1v) is 7.08. The Morgan fingerprint density at radius 2 is 2.06 bits per heavy atom. The van der Waals surface area contributed by atoms with Gasteiger partial charge in [0.1, 0.15) is 0 Å². The summed E-state index contributed by atoms with van der Waals surface area (Å²) in [6, 6.07) is 0. The van der Waals surface area contributed by atoms with Crippen molar-refractivity contribution in [1.82, 2.24) is 0 Å². The van der Waals surface area contributed by atoms with Crippen LogP contribution in [0.4, 0.5) is 0 Å². The third-order valence-electron chi connectivity index (χ3n) is 3.58. The van der Waals surface area contributed by atoms with Gasteiger partial charge >= 0.3 is 0 Å². The molecule has 0 spiro atoms. The number of rotatable bonds is 4. The fraction of sp³-hybridized carbons (Fsp3) is 0.875. The zero-order valence-electron chi connectivity index (χ0n) is 12.5. The van der Waals surface area contributed by atoms with Crippen LogP contribution in [-0.2, 0) is 4.74 Å². The van der Waals surface area contributed by atoms with Gasteiger partial charge in [-0.2, -0.15) is 0 Å². The molecule has 1 rings (SSSR count). The topological polar surface area (TPSA) is 9.23 Å². The van der Waals surface area contributed by atoms with Crippen LogP contribution in [0.3, 0.4) is 0 Å². The van der Waals surface area contributed by atoms with E-state index < -0.39 is 0 Å². The molecule has 100 valence electrons. The van der Waals surface area contributed by atoms with E-state index in [9.17, 15) is 0 Å². The van der Waals surface area contributed by atoms with E-state index in [0.29, 0.717) is 23.4 Å². The van der Waals surface area contributed by atoms with Crippen LogP contribution in [0.5, 0.6) is 0 Å². The summed E-state index contributed by atoms with van der Waals surface area (Å²) in [5.74, 6) is 1.33. The summed E-state index contributed by atoms with van der Waals surface area (Å²) in [6.45, 7) is 14.6. The molecule has 1 aliphatic rings. The van der Waals surface area contributed by atoms with Gasteiger partial charge in [-0.05, 0) is 49.0 Å². The van der Waals surface area contributed by atoms with Crippen LogP contribution in [0.15, 0.2) is 11.6 Å². The highest BCUT2D eigenvalue weighted by atomic mass is 16.5. The van der Waals surface area contributed by atoms with Crippen molar-refractivity contribution in [1.29, 1.82) is 0 Å². The Kier molecular flexibility index (Phi) is 5.24. The molecule has 0 aromatic heterocycles. The van der Waals surface area contributed by atoms with E-state index >= 15 is 0 Å². The molecule has 0 aromatic carbocycles. The maximum atomic E-state index is 6.15. The molecule has 1 nitrogen and oxygen atoms in total. The van der Waals surface area contributed by atoms with Crippen LogP contribution in [0.2, 0.25) is 0 Å². The summed E-state index contributed by atoms with van der Waals surface area (Å²) in [5.41, 5.74) is 1.85. The van der Waals surface area contributed by atoms with Crippen molar-refractivity contribution < 1.29 is 4.74 Å². The second-order valence-electron chi connectivity index (χ2n) is 7.13. The molecule has 17 heavy (non-hydrogen) atoms. The second-order valence-corrected chi connectivity index (χ2v) is 7.13. The van der Waals surface area contributed by atoms with Crippen LogP contribution in [0.25, 0.3) is 0 Å². The average Bonchev–Trinajstić information content (AvgIpc) is 2.14. The molecule has 0 heterocycles. The number of hydrogen-bond donors (Lipinski definition) is 0. The Morgan fingerprint density at radius 3 is 2.59 bits per heavy atom. The largest absolute Gasteiger partial charge is 0.373 e. The maximum absolute atomic E-state index is 6.15. The minimum absolute atomic E-state index is 0.367. The van der Waals surface area contributed by atoms with Gasteiger partial charge in [0.25, 0.3) is 0 Å². The van der Waals surface area contributed by atoms with E-state index in [1.165, 1.54) is 24.8 Å². The highest BCUT2D eigenvalue weighted by Gasteiger charge is 2.24. The first-order chi connectivity index (χ1) is 7.79. The molecule has 0 saturated carbocycles. The first kappa shape index (κ1) is 14.8. The van der Waals surface area contributed by atoms with Crippen LogP contribution in [-0.4, -0.2) is 12.7 Å². The van der Waals surface area contributed by atoms with Crippen LogP contribution < -0.4 is 0 Å². The summed E-state index contributed by atoms with van der Waals surface area (Å²) < 4.78 is 6.15. The fourth-order valence-electron chi connectivity index (χ4n) is 2.96. The van der Waals surface area contributed by atoms with Crippen molar-refractivity contribution in [2.24, 2.45) is 17.3 Å². The van der Waals surface area contributed by atoms with Crippen molar-refractivity contribution in [3.63, 3.8) is 0 Å². The Balaban J connectivity index is 2.39. The van der Waals surface area contributed by atoms with Crippen molar-refractivity contribution >= 4 is 0 Å². The van der Waals surface area contributed by atoms with Gasteiger partial charge in [0.05, 0.1) is 6.10 Å². The third-order valence-corrected chi connectivity index (χ3v) is 3.58. The Labute approximate surface area is 108 Å². The molecular formula is C16H30O. The summed E-state index contributed by atoms with van der Waals surface area (Å²) >= 11 is 0. The fourth-order valence-corrected chi connectivity index (χ4v) is 2.96. The molecule has 1 aliphatic carbocycles. The van der Waals surface area contributed by atoms with E-state index in [-0.39, 0.29) is 0 Å². The summed E-state index contributed by atoms with van der Waals surface area (Å²) in [6.07, 6.45) is 6.45. The zero-order valence-corrected chi connectivity index (χ0v) is 12.5. The lowest BCUT2D eigenvalue weighted by molar-refractivity contribution is 0.0105.